The molecule has 8 nitrogen and oxygen atoms in total. The summed E-state index contributed by atoms with van der Waals surface area (Å²) in [4.78, 5) is 53.1. The van der Waals surface area contributed by atoms with Gasteiger partial charge in [-0.15, -0.1) is 0 Å². The first-order valence-corrected chi connectivity index (χ1v) is 14.9. The van der Waals surface area contributed by atoms with E-state index in [1.165, 1.54) is 0 Å². The third-order valence-electron chi connectivity index (χ3n) is 7.97. The Balaban J connectivity index is 1.87. The van der Waals surface area contributed by atoms with Crippen LogP contribution in [0.15, 0.2) is 54.6 Å². The molecule has 3 N–H and O–H groups in total. The predicted octanol–water partition coefficient (Wildman–Crippen LogP) is 4.56. The molecule has 0 aliphatic carbocycles. The first kappa shape index (κ1) is 31.8. The maximum Gasteiger partial charge on any atom is 0.329 e. The summed E-state index contributed by atoms with van der Waals surface area (Å²) in [6.45, 7) is 9.42. The second-order valence-corrected chi connectivity index (χ2v) is 11.3. The van der Waals surface area contributed by atoms with E-state index in [-0.39, 0.29) is 30.6 Å². The van der Waals surface area contributed by atoms with Gasteiger partial charge in [0.2, 0.25) is 17.7 Å². The summed E-state index contributed by atoms with van der Waals surface area (Å²) < 4.78 is 5.93. The van der Waals surface area contributed by atoms with Gasteiger partial charge in [0.1, 0.15) is 24.2 Å². The predicted molar refractivity (Wildman–Crippen MR) is 160 cm³/mol. The van der Waals surface area contributed by atoms with Crippen molar-refractivity contribution < 1.29 is 23.9 Å². The Hall–Kier alpha value is -3.68. The number of hydrogen-bond acceptors (Lipinski definition) is 5. The van der Waals surface area contributed by atoms with Crippen molar-refractivity contribution in [1.82, 2.24) is 16.0 Å². The standard InChI is InChI=1S/C33H45N3O5/c1-6-8-12-22(4)28-20-29(37)35-27(19-24-15-17-26(18-16-24)25-13-10-9-11-14-25)32(39)34-23(5)31(38)36-30(21(3)7-2)33(40)41-28/h9-11,13-18,21-23,27-28,30H,6-8,12,19-20H2,1-5H3,(H,34,39)(H,35,37)(H,36,38)/t21-,22+,23+,27-,28-,30+/m1/s1. The smallest absolute Gasteiger partial charge is 0.329 e. The lowest BCUT2D eigenvalue weighted by Crippen LogP contribution is -2.55. The number of carbonyl (C=O) groups is 4. The Morgan fingerprint density at radius 3 is 2.12 bits per heavy atom. The molecule has 0 spiro atoms. The number of nitrogens with one attached hydrogen (secondary N) is 3. The number of amides is 3. The average Bonchev–Trinajstić information content (AvgIpc) is 2.97. The van der Waals surface area contributed by atoms with Gasteiger partial charge in [-0.05, 0) is 41.9 Å². The quantitative estimate of drug-likeness (QED) is 0.387. The molecule has 41 heavy (non-hydrogen) atoms. The molecule has 2 aromatic rings. The van der Waals surface area contributed by atoms with Crippen LogP contribution >= 0.6 is 0 Å². The highest BCUT2D eigenvalue weighted by Crippen LogP contribution is 2.22. The van der Waals surface area contributed by atoms with Crippen LogP contribution in [0.25, 0.3) is 11.1 Å². The van der Waals surface area contributed by atoms with Crippen molar-refractivity contribution in [2.24, 2.45) is 11.8 Å². The molecule has 3 amide bonds. The second kappa shape index (κ2) is 15.4. The highest BCUT2D eigenvalue weighted by atomic mass is 16.5. The monoisotopic (exact) mass is 563 g/mol. The molecule has 1 aliphatic heterocycles. The van der Waals surface area contributed by atoms with Crippen molar-refractivity contribution >= 4 is 23.7 Å². The van der Waals surface area contributed by atoms with E-state index in [9.17, 15) is 19.2 Å². The zero-order chi connectivity index (χ0) is 29.9. The van der Waals surface area contributed by atoms with Crippen molar-refractivity contribution in [3.8, 4) is 11.1 Å². The number of benzene rings is 2. The van der Waals surface area contributed by atoms with Gasteiger partial charge in [0, 0.05) is 6.42 Å². The zero-order valence-electron chi connectivity index (χ0n) is 24.9. The largest absolute Gasteiger partial charge is 0.460 e. The number of ether oxygens (including phenoxy) is 1. The zero-order valence-corrected chi connectivity index (χ0v) is 24.9. The Morgan fingerprint density at radius 1 is 0.829 bits per heavy atom. The molecule has 1 fully saturated rings. The van der Waals surface area contributed by atoms with E-state index in [4.69, 9.17) is 4.74 Å². The normalized spacial score (nSPS) is 23.9. The second-order valence-electron chi connectivity index (χ2n) is 11.3. The molecule has 0 unspecified atom stereocenters. The molecule has 222 valence electrons. The van der Waals surface area contributed by atoms with Gasteiger partial charge in [-0.2, -0.15) is 0 Å². The molecule has 0 bridgehead atoms. The summed E-state index contributed by atoms with van der Waals surface area (Å²) in [6.07, 6.45) is 2.84. The molecule has 8 heteroatoms. The van der Waals surface area contributed by atoms with Crippen LogP contribution in [0.1, 0.15) is 72.3 Å². The van der Waals surface area contributed by atoms with Gasteiger partial charge in [0.25, 0.3) is 0 Å². The Morgan fingerprint density at radius 2 is 1.49 bits per heavy atom. The van der Waals surface area contributed by atoms with Crippen LogP contribution in [0.4, 0.5) is 0 Å². The summed E-state index contributed by atoms with van der Waals surface area (Å²) in [5.74, 6) is -2.13. The van der Waals surface area contributed by atoms with Gasteiger partial charge in [-0.3, -0.25) is 14.4 Å². The van der Waals surface area contributed by atoms with Gasteiger partial charge in [-0.25, -0.2) is 4.79 Å². The highest BCUT2D eigenvalue weighted by Gasteiger charge is 2.35. The van der Waals surface area contributed by atoms with Gasteiger partial charge in [-0.1, -0.05) is 102 Å². The lowest BCUT2D eigenvalue weighted by atomic mass is 9.94. The van der Waals surface area contributed by atoms with E-state index in [0.717, 1.165) is 36.0 Å². The molecule has 3 rings (SSSR count). The van der Waals surface area contributed by atoms with Crippen LogP contribution in [0.3, 0.4) is 0 Å². The molecular weight excluding hydrogens is 518 g/mol. The molecule has 0 saturated carbocycles. The van der Waals surface area contributed by atoms with Gasteiger partial charge in [0.05, 0.1) is 6.42 Å². The number of esters is 1. The van der Waals surface area contributed by atoms with Crippen molar-refractivity contribution in [3.63, 3.8) is 0 Å². The van der Waals surface area contributed by atoms with Crippen LogP contribution in [-0.2, 0) is 30.3 Å². The molecule has 1 saturated heterocycles. The Labute approximate surface area is 244 Å². The molecular formula is C33H45N3O5. The van der Waals surface area contributed by atoms with Crippen LogP contribution in [-0.4, -0.2) is 47.9 Å². The highest BCUT2D eigenvalue weighted by molar-refractivity contribution is 5.94. The maximum absolute atomic E-state index is 13.4. The van der Waals surface area contributed by atoms with E-state index >= 15 is 0 Å². The summed E-state index contributed by atoms with van der Waals surface area (Å²) in [5.41, 5.74) is 2.99. The minimum absolute atomic E-state index is 0.0654. The summed E-state index contributed by atoms with van der Waals surface area (Å²) in [7, 11) is 0. The van der Waals surface area contributed by atoms with Crippen molar-refractivity contribution in [2.45, 2.75) is 97.4 Å². The average molecular weight is 564 g/mol. The number of cyclic esters (lactones) is 1. The SMILES string of the molecule is CCCC[C@H](C)[C@H]1CC(=O)N[C@H](Cc2ccc(-c3ccccc3)cc2)C(=O)N[C@@H](C)C(=O)N[C@@H]([C@H](C)CC)C(=O)O1. The van der Waals surface area contributed by atoms with Gasteiger partial charge < -0.3 is 20.7 Å². The van der Waals surface area contributed by atoms with Crippen LogP contribution in [0.2, 0.25) is 0 Å². The third-order valence-corrected chi connectivity index (χ3v) is 7.97. The molecule has 6 atom stereocenters. The van der Waals surface area contributed by atoms with Crippen LogP contribution < -0.4 is 16.0 Å². The van der Waals surface area contributed by atoms with E-state index in [2.05, 4.69) is 22.9 Å². The van der Waals surface area contributed by atoms with E-state index in [0.29, 0.717) is 6.42 Å². The lowest BCUT2D eigenvalue weighted by molar-refractivity contribution is -0.158. The fourth-order valence-corrected chi connectivity index (χ4v) is 4.97. The Bertz CT molecular complexity index is 1170. The number of carbonyl (C=O) groups excluding carboxylic acids is 4. The maximum atomic E-state index is 13.4. The lowest BCUT2D eigenvalue weighted by Gasteiger charge is -2.29. The van der Waals surface area contributed by atoms with Gasteiger partial charge >= 0.3 is 5.97 Å². The number of hydrogen-bond donors (Lipinski definition) is 3. The fourth-order valence-electron chi connectivity index (χ4n) is 4.97. The van der Waals surface area contributed by atoms with Crippen LogP contribution in [0.5, 0.6) is 0 Å². The van der Waals surface area contributed by atoms with E-state index < -0.39 is 42.0 Å². The topological polar surface area (TPSA) is 114 Å². The van der Waals surface area contributed by atoms with Crippen molar-refractivity contribution in [1.29, 1.82) is 0 Å². The first-order chi connectivity index (χ1) is 19.6. The van der Waals surface area contributed by atoms with E-state index in [1.807, 2.05) is 75.4 Å². The minimum atomic E-state index is -0.915. The minimum Gasteiger partial charge on any atom is -0.460 e. The van der Waals surface area contributed by atoms with Crippen LogP contribution in [0, 0.1) is 11.8 Å². The first-order valence-electron chi connectivity index (χ1n) is 14.9. The molecule has 1 heterocycles. The van der Waals surface area contributed by atoms with E-state index in [1.54, 1.807) is 6.92 Å². The van der Waals surface area contributed by atoms with Gasteiger partial charge in [0.15, 0.2) is 0 Å². The molecule has 0 radical (unpaired) electrons. The summed E-state index contributed by atoms with van der Waals surface area (Å²) in [5, 5.41) is 8.39. The van der Waals surface area contributed by atoms with Crippen molar-refractivity contribution in [3.05, 3.63) is 60.2 Å². The number of unbranched alkanes of at least 4 members (excludes halogenated alkanes) is 1. The Kier molecular flexibility index (Phi) is 11.9. The third kappa shape index (κ3) is 9.17. The van der Waals surface area contributed by atoms with Crippen molar-refractivity contribution in [2.75, 3.05) is 0 Å². The molecule has 2 aromatic carbocycles. The number of rotatable bonds is 9. The summed E-state index contributed by atoms with van der Waals surface area (Å²) >= 11 is 0. The molecule has 1 aliphatic rings. The fraction of sp³-hybridized carbons (Fsp3) is 0.515. The molecule has 0 aromatic heterocycles. The summed E-state index contributed by atoms with van der Waals surface area (Å²) in [6, 6.07) is 15.1.